The topological polar surface area (TPSA) is 105 Å². The molecule has 3 rings (SSSR count). The number of unbranched alkanes of at least 4 members (excludes halogenated alkanes) is 1. The number of carbonyl (C=O) groups is 2. The maximum absolute atomic E-state index is 13.6. The maximum Gasteiger partial charge on any atom is 0.244 e. The molecule has 0 bridgehead atoms. The molecule has 1 aliphatic heterocycles. The average Bonchev–Trinajstić information content (AvgIpc) is 3.34. The number of nitrogens with zero attached hydrogens (tertiary/aromatic N) is 2. The van der Waals surface area contributed by atoms with Crippen LogP contribution in [-0.4, -0.2) is 56.8 Å². The zero-order valence-electron chi connectivity index (χ0n) is 20.7. The van der Waals surface area contributed by atoms with Crippen LogP contribution in [0.2, 0.25) is 0 Å². The first-order valence-corrected chi connectivity index (χ1v) is 14.3. The Kier molecular flexibility index (Phi) is 9.61. The first-order valence-electron chi connectivity index (χ1n) is 11.9. The number of fused-ring (bicyclic) bond motifs is 1. The summed E-state index contributed by atoms with van der Waals surface area (Å²) in [6.07, 6.45) is 1.75. The Labute approximate surface area is 220 Å². The highest BCUT2D eigenvalue weighted by molar-refractivity contribution is 9.10. The van der Waals surface area contributed by atoms with Crippen LogP contribution in [0.5, 0.6) is 11.5 Å². The molecule has 1 N–H and O–H groups in total. The molecule has 0 unspecified atom stereocenters. The fourth-order valence-electron chi connectivity index (χ4n) is 3.67. The molecule has 0 radical (unpaired) electrons. The van der Waals surface area contributed by atoms with Gasteiger partial charge in [0.1, 0.15) is 12.6 Å². The molecule has 0 saturated carbocycles. The van der Waals surface area contributed by atoms with Gasteiger partial charge in [0.2, 0.25) is 28.6 Å². The molecule has 0 aromatic heterocycles. The number of ether oxygens (including phenoxy) is 2. The summed E-state index contributed by atoms with van der Waals surface area (Å²) >= 11 is 3.40. The molecule has 1 aliphatic rings. The highest BCUT2D eigenvalue weighted by Crippen LogP contribution is 2.36. The summed E-state index contributed by atoms with van der Waals surface area (Å²) in [5, 5.41) is 2.87. The number of rotatable bonds is 12. The SMILES string of the molecule is CCCCNC(=O)[C@@H](C)N(Cc1ccc(Br)cc1)C(=O)CN(c1ccc2c(c1)OCO2)S(=O)(=O)CC. The van der Waals surface area contributed by atoms with Crippen molar-refractivity contribution in [2.45, 2.75) is 46.2 Å². The Morgan fingerprint density at radius 1 is 1.08 bits per heavy atom. The van der Waals surface area contributed by atoms with Crippen molar-refractivity contribution >= 4 is 43.5 Å². The number of halogens is 1. The van der Waals surface area contributed by atoms with Gasteiger partial charge >= 0.3 is 0 Å². The van der Waals surface area contributed by atoms with Crippen LogP contribution in [0, 0.1) is 0 Å². The fraction of sp³-hybridized carbons (Fsp3) is 0.440. The highest BCUT2D eigenvalue weighted by Gasteiger charge is 2.31. The Balaban J connectivity index is 1.90. The molecule has 1 atom stereocenters. The second-order valence-electron chi connectivity index (χ2n) is 8.41. The van der Waals surface area contributed by atoms with E-state index in [2.05, 4.69) is 21.2 Å². The molecule has 0 spiro atoms. The van der Waals surface area contributed by atoms with E-state index in [-0.39, 0.29) is 30.7 Å². The van der Waals surface area contributed by atoms with Crippen molar-refractivity contribution in [2.24, 2.45) is 0 Å². The van der Waals surface area contributed by atoms with E-state index in [0.717, 1.165) is 27.2 Å². The van der Waals surface area contributed by atoms with E-state index in [0.29, 0.717) is 18.0 Å². The number of hydrogen-bond donors (Lipinski definition) is 1. The van der Waals surface area contributed by atoms with E-state index in [1.54, 1.807) is 25.1 Å². The number of anilines is 1. The first-order chi connectivity index (χ1) is 17.2. The van der Waals surface area contributed by atoms with Crippen LogP contribution in [0.15, 0.2) is 46.9 Å². The van der Waals surface area contributed by atoms with Gasteiger partial charge in [0.25, 0.3) is 0 Å². The van der Waals surface area contributed by atoms with E-state index < -0.39 is 28.5 Å². The largest absolute Gasteiger partial charge is 0.454 e. The second-order valence-corrected chi connectivity index (χ2v) is 11.5. The van der Waals surface area contributed by atoms with E-state index in [4.69, 9.17) is 9.47 Å². The van der Waals surface area contributed by atoms with E-state index in [1.165, 1.54) is 11.8 Å². The molecule has 11 heteroatoms. The van der Waals surface area contributed by atoms with Gasteiger partial charge in [-0.05, 0) is 50.1 Å². The lowest BCUT2D eigenvalue weighted by Gasteiger charge is -2.32. The molecule has 0 saturated heterocycles. The van der Waals surface area contributed by atoms with Gasteiger partial charge in [-0.3, -0.25) is 13.9 Å². The van der Waals surface area contributed by atoms with Gasteiger partial charge in [-0.2, -0.15) is 0 Å². The Bertz CT molecular complexity index is 1170. The van der Waals surface area contributed by atoms with Crippen molar-refractivity contribution in [1.29, 1.82) is 0 Å². The van der Waals surface area contributed by atoms with Gasteiger partial charge in [0.05, 0.1) is 11.4 Å². The number of amides is 2. The fourth-order valence-corrected chi connectivity index (χ4v) is 4.98. The number of carbonyl (C=O) groups excluding carboxylic acids is 2. The summed E-state index contributed by atoms with van der Waals surface area (Å²) in [5.74, 6) is -0.0680. The van der Waals surface area contributed by atoms with Crippen molar-refractivity contribution in [3.8, 4) is 11.5 Å². The Morgan fingerprint density at radius 3 is 2.44 bits per heavy atom. The third kappa shape index (κ3) is 6.91. The molecule has 36 heavy (non-hydrogen) atoms. The predicted molar refractivity (Wildman–Crippen MR) is 141 cm³/mol. The van der Waals surface area contributed by atoms with Crippen LogP contribution in [0.1, 0.15) is 39.2 Å². The van der Waals surface area contributed by atoms with E-state index >= 15 is 0 Å². The molecular weight excluding hydrogens is 550 g/mol. The van der Waals surface area contributed by atoms with Gasteiger partial charge in [-0.1, -0.05) is 41.4 Å². The third-order valence-corrected chi connectivity index (χ3v) is 8.16. The number of nitrogens with one attached hydrogen (secondary N) is 1. The molecule has 9 nitrogen and oxygen atoms in total. The second kappa shape index (κ2) is 12.4. The summed E-state index contributed by atoms with van der Waals surface area (Å²) in [5.41, 5.74) is 1.10. The summed E-state index contributed by atoms with van der Waals surface area (Å²) in [7, 11) is -3.82. The molecule has 2 amide bonds. The monoisotopic (exact) mass is 581 g/mol. The minimum Gasteiger partial charge on any atom is -0.454 e. The molecule has 1 heterocycles. The molecule has 2 aromatic carbocycles. The van der Waals surface area contributed by atoms with Gasteiger partial charge in [-0.15, -0.1) is 0 Å². The Morgan fingerprint density at radius 2 is 1.78 bits per heavy atom. The zero-order valence-corrected chi connectivity index (χ0v) is 23.1. The van der Waals surface area contributed by atoms with Gasteiger partial charge in [0.15, 0.2) is 11.5 Å². The smallest absolute Gasteiger partial charge is 0.244 e. The summed E-state index contributed by atoms with van der Waals surface area (Å²) in [6.45, 7) is 5.43. The molecule has 196 valence electrons. The van der Waals surface area contributed by atoms with Crippen LogP contribution in [0.3, 0.4) is 0 Å². The van der Waals surface area contributed by atoms with Crippen molar-refractivity contribution in [2.75, 3.05) is 29.9 Å². The molecule has 0 aliphatic carbocycles. The lowest BCUT2D eigenvalue weighted by Crippen LogP contribution is -2.51. The number of hydrogen-bond acceptors (Lipinski definition) is 6. The van der Waals surface area contributed by atoms with E-state index in [9.17, 15) is 18.0 Å². The van der Waals surface area contributed by atoms with Crippen LogP contribution in [-0.2, 0) is 26.2 Å². The maximum atomic E-state index is 13.6. The summed E-state index contributed by atoms with van der Waals surface area (Å²) < 4.78 is 38.7. The highest BCUT2D eigenvalue weighted by atomic mass is 79.9. The van der Waals surface area contributed by atoms with Crippen molar-refractivity contribution in [3.05, 3.63) is 52.5 Å². The van der Waals surface area contributed by atoms with Crippen LogP contribution in [0.25, 0.3) is 0 Å². The van der Waals surface area contributed by atoms with Crippen molar-refractivity contribution in [3.63, 3.8) is 0 Å². The van der Waals surface area contributed by atoms with Gasteiger partial charge < -0.3 is 19.7 Å². The molecule has 0 fully saturated rings. The summed E-state index contributed by atoms with van der Waals surface area (Å²) in [6, 6.07) is 11.3. The van der Waals surface area contributed by atoms with Crippen molar-refractivity contribution < 1.29 is 27.5 Å². The normalized spacial score (nSPS) is 13.2. The van der Waals surface area contributed by atoms with Gasteiger partial charge in [0, 0.05) is 23.6 Å². The molecular formula is C25H32BrN3O6S. The molecule has 2 aromatic rings. The van der Waals surface area contributed by atoms with E-state index in [1.807, 2.05) is 31.2 Å². The first kappa shape index (κ1) is 27.8. The lowest BCUT2D eigenvalue weighted by atomic mass is 10.1. The van der Waals surface area contributed by atoms with Crippen LogP contribution < -0.4 is 19.1 Å². The average molecular weight is 583 g/mol. The van der Waals surface area contributed by atoms with Crippen LogP contribution >= 0.6 is 15.9 Å². The Hall–Kier alpha value is -2.79. The van der Waals surface area contributed by atoms with Gasteiger partial charge in [-0.25, -0.2) is 8.42 Å². The van der Waals surface area contributed by atoms with Crippen LogP contribution in [0.4, 0.5) is 5.69 Å². The minimum atomic E-state index is -3.82. The lowest BCUT2D eigenvalue weighted by molar-refractivity contribution is -0.139. The number of sulfonamides is 1. The standard InChI is InChI=1S/C25H32BrN3O6S/c1-4-6-13-27-25(31)18(3)28(15-19-7-9-20(26)10-8-19)24(30)16-29(36(32,33)5-2)21-11-12-22-23(14-21)35-17-34-22/h7-12,14,18H,4-6,13,15-17H2,1-3H3,(H,27,31)/t18-/m1/s1. The zero-order chi connectivity index (χ0) is 26.3. The van der Waals surface area contributed by atoms with Crippen molar-refractivity contribution in [1.82, 2.24) is 10.2 Å². The predicted octanol–water partition coefficient (Wildman–Crippen LogP) is 3.67. The quantitative estimate of drug-likeness (QED) is 0.383. The third-order valence-electron chi connectivity index (χ3n) is 5.89. The summed E-state index contributed by atoms with van der Waals surface area (Å²) in [4.78, 5) is 27.9. The minimum absolute atomic E-state index is 0.0455. The number of benzene rings is 2.